The highest BCUT2D eigenvalue weighted by Gasteiger charge is 2.37. The van der Waals surface area contributed by atoms with E-state index in [2.05, 4.69) is 0 Å². The van der Waals surface area contributed by atoms with E-state index in [9.17, 15) is 4.79 Å². The van der Waals surface area contributed by atoms with Gasteiger partial charge in [0.05, 0.1) is 18.1 Å². The third-order valence-electron chi connectivity index (χ3n) is 3.74. The Morgan fingerprint density at radius 3 is 2.52 bits per heavy atom. The van der Waals surface area contributed by atoms with E-state index < -0.39 is 0 Å². The molecule has 0 saturated carbocycles. The zero-order valence-corrected chi connectivity index (χ0v) is 12.0. The molecule has 0 bridgehead atoms. The molecule has 2 aromatic carbocycles. The van der Waals surface area contributed by atoms with Crippen molar-refractivity contribution in [1.29, 1.82) is 0 Å². The van der Waals surface area contributed by atoms with Gasteiger partial charge in [0, 0.05) is 6.61 Å². The maximum Gasteiger partial charge on any atom is 0.176 e. The molecule has 21 heavy (non-hydrogen) atoms. The molecule has 0 saturated heterocycles. The van der Waals surface area contributed by atoms with E-state index in [1.54, 1.807) is 0 Å². The van der Waals surface area contributed by atoms with Crippen molar-refractivity contribution in [2.45, 2.75) is 13.0 Å². The highest BCUT2D eigenvalue weighted by atomic mass is 16.5. The summed E-state index contributed by atoms with van der Waals surface area (Å²) in [5, 5.41) is 0. The normalized spacial score (nSPS) is 20.7. The van der Waals surface area contributed by atoms with Crippen LogP contribution < -0.4 is 4.74 Å². The summed E-state index contributed by atoms with van der Waals surface area (Å²) in [6.07, 6.45) is -0.292. The van der Waals surface area contributed by atoms with Crippen molar-refractivity contribution in [2.24, 2.45) is 5.92 Å². The van der Waals surface area contributed by atoms with Gasteiger partial charge >= 0.3 is 0 Å². The number of fused-ring (bicyclic) bond motifs is 1. The fourth-order valence-electron chi connectivity index (χ4n) is 2.68. The smallest absolute Gasteiger partial charge is 0.176 e. The number of Topliss-reactive ketones (excluding diaryl/α,β-unsaturated/α-hetero) is 1. The molecule has 1 aliphatic heterocycles. The minimum Gasteiger partial charge on any atom is -0.484 e. The molecule has 0 radical (unpaired) electrons. The molecule has 2 aromatic rings. The molecular weight excluding hydrogens is 264 g/mol. The molecule has 0 amide bonds. The maximum absolute atomic E-state index is 12.7. The minimum absolute atomic E-state index is 0.0964. The zero-order chi connectivity index (χ0) is 14.7. The molecule has 0 spiro atoms. The molecule has 0 fully saturated rings. The average Bonchev–Trinajstić information content (AvgIpc) is 2.55. The van der Waals surface area contributed by atoms with Gasteiger partial charge in [0.15, 0.2) is 5.78 Å². The largest absolute Gasteiger partial charge is 0.484 e. The van der Waals surface area contributed by atoms with Gasteiger partial charge < -0.3 is 9.47 Å². The van der Waals surface area contributed by atoms with Gasteiger partial charge in [-0.2, -0.15) is 0 Å². The Balaban J connectivity index is 1.99. The number of para-hydroxylation sites is 1. The number of carbonyl (C=O) groups excluding carboxylic acids is 1. The standard InChI is InChI=1S/C18H18O3/c1-2-20-12-15-17(19)14-10-6-7-11-16(14)21-18(15)13-8-4-3-5-9-13/h3-11,15,18H,2,12H2,1H3. The first-order chi connectivity index (χ1) is 10.3. The van der Waals surface area contributed by atoms with Crippen LogP contribution in [0.25, 0.3) is 0 Å². The summed E-state index contributed by atoms with van der Waals surface area (Å²) in [6.45, 7) is 2.90. The fraction of sp³-hybridized carbons (Fsp3) is 0.278. The Hall–Kier alpha value is -2.13. The number of benzene rings is 2. The van der Waals surface area contributed by atoms with Gasteiger partial charge in [-0.1, -0.05) is 42.5 Å². The predicted octanol–water partition coefficient (Wildman–Crippen LogP) is 3.66. The Bertz CT molecular complexity index is 621. The summed E-state index contributed by atoms with van der Waals surface area (Å²) in [6, 6.07) is 17.3. The van der Waals surface area contributed by atoms with Crippen molar-refractivity contribution in [3.63, 3.8) is 0 Å². The van der Waals surface area contributed by atoms with Crippen LogP contribution in [0.2, 0.25) is 0 Å². The summed E-state index contributed by atoms with van der Waals surface area (Å²) < 4.78 is 11.6. The monoisotopic (exact) mass is 282 g/mol. The van der Waals surface area contributed by atoms with Crippen molar-refractivity contribution >= 4 is 5.78 Å². The third kappa shape index (κ3) is 2.69. The van der Waals surface area contributed by atoms with E-state index in [0.29, 0.717) is 24.5 Å². The molecule has 0 N–H and O–H groups in total. The van der Waals surface area contributed by atoms with Crippen molar-refractivity contribution in [1.82, 2.24) is 0 Å². The van der Waals surface area contributed by atoms with Crippen LogP contribution in [0.1, 0.15) is 28.9 Å². The van der Waals surface area contributed by atoms with Gasteiger partial charge in [0.25, 0.3) is 0 Å². The molecule has 3 heteroatoms. The SMILES string of the molecule is CCOCC1C(=O)c2ccccc2OC1c1ccccc1. The molecule has 3 nitrogen and oxygen atoms in total. The summed E-state index contributed by atoms with van der Waals surface area (Å²) >= 11 is 0. The van der Waals surface area contributed by atoms with E-state index in [1.807, 2.05) is 61.5 Å². The number of rotatable bonds is 4. The van der Waals surface area contributed by atoms with Crippen LogP contribution in [0.15, 0.2) is 54.6 Å². The molecule has 2 atom stereocenters. The molecule has 0 aromatic heterocycles. The lowest BCUT2D eigenvalue weighted by Gasteiger charge is -2.32. The molecule has 0 aliphatic carbocycles. The second-order valence-corrected chi connectivity index (χ2v) is 5.08. The van der Waals surface area contributed by atoms with Crippen molar-refractivity contribution in [2.75, 3.05) is 13.2 Å². The zero-order valence-electron chi connectivity index (χ0n) is 12.0. The molecular formula is C18H18O3. The topological polar surface area (TPSA) is 35.5 Å². The van der Waals surface area contributed by atoms with Gasteiger partial charge in [-0.3, -0.25) is 4.79 Å². The quantitative estimate of drug-likeness (QED) is 0.858. The number of hydrogen-bond acceptors (Lipinski definition) is 3. The Morgan fingerprint density at radius 2 is 1.76 bits per heavy atom. The summed E-state index contributed by atoms with van der Waals surface area (Å²) in [4.78, 5) is 12.7. The lowest BCUT2D eigenvalue weighted by Crippen LogP contribution is -2.34. The van der Waals surface area contributed by atoms with Gasteiger partial charge in [0.2, 0.25) is 0 Å². The molecule has 3 rings (SSSR count). The highest BCUT2D eigenvalue weighted by Crippen LogP contribution is 2.38. The first-order valence-electron chi connectivity index (χ1n) is 7.24. The second kappa shape index (κ2) is 6.10. The number of hydrogen-bond donors (Lipinski definition) is 0. The van der Waals surface area contributed by atoms with E-state index in [0.717, 1.165) is 5.56 Å². The highest BCUT2D eigenvalue weighted by molar-refractivity contribution is 6.01. The van der Waals surface area contributed by atoms with Gasteiger partial charge in [-0.05, 0) is 24.6 Å². The van der Waals surface area contributed by atoms with Crippen LogP contribution >= 0.6 is 0 Å². The van der Waals surface area contributed by atoms with E-state index in [4.69, 9.17) is 9.47 Å². The van der Waals surface area contributed by atoms with E-state index >= 15 is 0 Å². The Kier molecular flexibility index (Phi) is 4.02. The van der Waals surface area contributed by atoms with Crippen LogP contribution in [0.4, 0.5) is 0 Å². The molecule has 1 aliphatic rings. The van der Waals surface area contributed by atoms with E-state index in [1.165, 1.54) is 0 Å². The summed E-state index contributed by atoms with van der Waals surface area (Å²) in [5.41, 5.74) is 1.65. The first-order valence-corrected chi connectivity index (χ1v) is 7.24. The lowest BCUT2D eigenvalue weighted by atomic mass is 9.86. The van der Waals surface area contributed by atoms with Crippen molar-refractivity contribution in [3.05, 3.63) is 65.7 Å². The lowest BCUT2D eigenvalue weighted by molar-refractivity contribution is 0.0302. The maximum atomic E-state index is 12.7. The van der Waals surface area contributed by atoms with Gasteiger partial charge in [-0.25, -0.2) is 0 Å². The van der Waals surface area contributed by atoms with Crippen LogP contribution in [0.3, 0.4) is 0 Å². The number of ketones is 1. The molecule has 2 unspecified atom stereocenters. The van der Waals surface area contributed by atoms with Gasteiger partial charge in [0.1, 0.15) is 11.9 Å². The van der Waals surface area contributed by atoms with Crippen LogP contribution in [0.5, 0.6) is 5.75 Å². The number of carbonyl (C=O) groups is 1. The Morgan fingerprint density at radius 1 is 1.05 bits per heavy atom. The summed E-state index contributed by atoms with van der Waals surface area (Å²) in [5.74, 6) is 0.450. The fourth-order valence-corrected chi connectivity index (χ4v) is 2.68. The van der Waals surface area contributed by atoms with Gasteiger partial charge in [-0.15, -0.1) is 0 Å². The van der Waals surface area contributed by atoms with Crippen LogP contribution in [-0.2, 0) is 4.74 Å². The van der Waals surface area contributed by atoms with Crippen LogP contribution in [-0.4, -0.2) is 19.0 Å². The molecule has 1 heterocycles. The number of ether oxygens (including phenoxy) is 2. The Labute approximate surface area is 124 Å². The summed E-state index contributed by atoms with van der Waals surface area (Å²) in [7, 11) is 0. The second-order valence-electron chi connectivity index (χ2n) is 5.08. The van der Waals surface area contributed by atoms with Crippen LogP contribution in [0, 0.1) is 5.92 Å². The third-order valence-corrected chi connectivity index (χ3v) is 3.74. The molecule has 108 valence electrons. The predicted molar refractivity (Wildman–Crippen MR) is 80.6 cm³/mol. The van der Waals surface area contributed by atoms with Crippen molar-refractivity contribution < 1.29 is 14.3 Å². The van der Waals surface area contributed by atoms with Crippen molar-refractivity contribution in [3.8, 4) is 5.75 Å². The van der Waals surface area contributed by atoms with E-state index in [-0.39, 0.29) is 17.8 Å². The first kappa shape index (κ1) is 13.8. The minimum atomic E-state index is -0.303. The average molecular weight is 282 g/mol.